The van der Waals surface area contributed by atoms with E-state index in [1.165, 1.54) is 195 Å². The number of aromatic nitrogens is 15. The molecule has 0 unspecified atom stereocenters. The molecule has 21 aromatic carbocycles. The molecule has 0 aliphatic rings. The Morgan fingerprint density at radius 1 is 0.150 bits per heavy atom. The minimum absolute atomic E-state index is 0.662. The number of hydrogen-bond acceptors (Lipinski definition) is 15. The number of hydrogen-bond donors (Lipinski definition) is 0. The molecule has 0 atom stereocenters. The lowest BCUT2D eigenvalue weighted by Gasteiger charge is -2.15. The average molecular weight is 1880 g/mol. The SMILES string of the molecule is Cc1ccc(-c2ccc3c4ccc(-c5ccc6ccc7cccnc7c6n5)cc4c4ccccc4c3c2)nc1-c1ccccn1.c1ccc2c(c1)c1ccc(-c3ncncn3)cc1c1ccc(-c3ncncn3)cc21.c1ccc2c(c1)c1ccccc1c1cc(-c3ncncn3)ccc21.c1ccc2cc(-c3ccc4c(c3)c3ccc(-c5ccc6ncccc6c5)cc3c3ccc(-c5ccc6ncccc6c5)cc43)ccc2c1. The molecule has 9 aromatic heterocycles. The first-order valence-electron chi connectivity index (χ1n) is 48.9. The Labute approximate surface area is 841 Å². The Kier molecular flexibility index (Phi) is 21.4. The van der Waals surface area contributed by atoms with Crippen molar-refractivity contribution in [2.75, 3.05) is 0 Å². The van der Waals surface area contributed by atoms with Crippen LogP contribution >= 0.6 is 0 Å². The van der Waals surface area contributed by atoms with Gasteiger partial charge in [0.1, 0.15) is 38.0 Å². The third-order valence-electron chi connectivity index (χ3n) is 28.6. The van der Waals surface area contributed by atoms with Crippen LogP contribution in [0.3, 0.4) is 0 Å². The second-order valence-corrected chi connectivity index (χ2v) is 37.0. The van der Waals surface area contributed by atoms with Crippen molar-refractivity contribution in [1.29, 1.82) is 0 Å². The summed E-state index contributed by atoms with van der Waals surface area (Å²) in [4.78, 5) is 66.0. The van der Waals surface area contributed by atoms with E-state index in [-0.39, 0.29) is 0 Å². The van der Waals surface area contributed by atoms with E-state index in [9.17, 15) is 0 Å². The predicted molar refractivity (Wildman–Crippen MR) is 604 cm³/mol. The maximum atomic E-state index is 5.13. The van der Waals surface area contributed by atoms with Crippen LogP contribution in [0.5, 0.6) is 0 Å². The molecule has 0 spiro atoms. The van der Waals surface area contributed by atoms with Crippen LogP contribution in [0, 0.1) is 6.92 Å². The molecular formula is C132H81N15. The quantitative estimate of drug-likeness (QED) is 0.124. The minimum Gasteiger partial charge on any atom is -0.256 e. The van der Waals surface area contributed by atoms with E-state index in [1.54, 1.807) is 0 Å². The summed E-state index contributed by atoms with van der Waals surface area (Å²) in [5.41, 5.74) is 21.0. The molecular weight excluding hydrogens is 1800 g/mol. The number of aryl methyl sites for hydroxylation is 1. The zero-order chi connectivity index (χ0) is 97.4. The van der Waals surface area contributed by atoms with Gasteiger partial charge in [-0.15, -0.1) is 0 Å². The molecule has 30 rings (SSSR count). The van der Waals surface area contributed by atoms with E-state index in [0.717, 1.165) is 116 Å². The van der Waals surface area contributed by atoms with Gasteiger partial charge < -0.3 is 0 Å². The van der Waals surface area contributed by atoms with E-state index in [4.69, 9.17) is 9.97 Å². The Morgan fingerprint density at radius 3 is 0.837 bits per heavy atom. The van der Waals surface area contributed by atoms with Crippen molar-refractivity contribution in [3.8, 4) is 101 Å². The molecule has 147 heavy (non-hydrogen) atoms. The first-order chi connectivity index (χ1) is 72.8. The van der Waals surface area contributed by atoms with E-state index in [1.807, 2.05) is 61.2 Å². The lowest BCUT2D eigenvalue weighted by molar-refractivity contribution is 1.06. The average Bonchev–Trinajstić information content (AvgIpc) is 0.731. The summed E-state index contributed by atoms with van der Waals surface area (Å²) < 4.78 is 0. The lowest BCUT2D eigenvalue weighted by atomic mass is 9.88. The van der Waals surface area contributed by atoms with E-state index in [2.05, 4.69) is 448 Å². The van der Waals surface area contributed by atoms with Gasteiger partial charge in [-0.1, -0.05) is 291 Å². The highest BCUT2D eigenvalue weighted by atomic mass is 15.0. The highest BCUT2D eigenvalue weighted by Crippen LogP contribution is 2.47. The van der Waals surface area contributed by atoms with Gasteiger partial charge in [0.25, 0.3) is 0 Å². The van der Waals surface area contributed by atoms with Crippen molar-refractivity contribution in [3.63, 3.8) is 0 Å². The molecule has 0 aliphatic carbocycles. The summed E-state index contributed by atoms with van der Waals surface area (Å²) in [5, 5.41) is 36.5. The molecule has 30 aromatic rings. The largest absolute Gasteiger partial charge is 0.256 e. The first-order valence-corrected chi connectivity index (χ1v) is 48.9. The van der Waals surface area contributed by atoms with Crippen molar-refractivity contribution in [2.45, 2.75) is 6.92 Å². The Hall–Kier alpha value is -20.0. The van der Waals surface area contributed by atoms with Crippen molar-refractivity contribution in [2.24, 2.45) is 0 Å². The Bertz CT molecular complexity index is 10100. The van der Waals surface area contributed by atoms with Gasteiger partial charge in [-0.2, -0.15) is 0 Å². The van der Waals surface area contributed by atoms with Gasteiger partial charge in [0.05, 0.1) is 44.8 Å². The lowest BCUT2D eigenvalue weighted by Crippen LogP contribution is -1.94. The van der Waals surface area contributed by atoms with E-state index in [0.29, 0.717) is 17.5 Å². The fourth-order valence-corrected chi connectivity index (χ4v) is 21.5. The maximum Gasteiger partial charge on any atom is 0.162 e. The van der Waals surface area contributed by atoms with Gasteiger partial charge in [-0.3, -0.25) is 19.9 Å². The van der Waals surface area contributed by atoms with Crippen LogP contribution in [0.1, 0.15) is 5.56 Å². The summed E-state index contributed by atoms with van der Waals surface area (Å²) in [6.07, 6.45) is 16.5. The summed E-state index contributed by atoms with van der Waals surface area (Å²) in [6, 6.07) is 147. The Morgan fingerprint density at radius 2 is 0.422 bits per heavy atom. The predicted octanol–water partition coefficient (Wildman–Crippen LogP) is 32.6. The summed E-state index contributed by atoms with van der Waals surface area (Å²) in [5.74, 6) is 2.02. The van der Waals surface area contributed by atoms with E-state index >= 15 is 0 Å². The molecule has 0 N–H and O–H groups in total. The second kappa shape index (κ2) is 36.6. The van der Waals surface area contributed by atoms with Gasteiger partial charge >= 0.3 is 0 Å². The van der Waals surface area contributed by atoms with Crippen molar-refractivity contribution in [1.82, 2.24) is 74.8 Å². The molecule has 0 bridgehead atoms. The van der Waals surface area contributed by atoms with Crippen molar-refractivity contribution in [3.05, 3.63) is 481 Å². The summed E-state index contributed by atoms with van der Waals surface area (Å²) in [7, 11) is 0. The number of benzene rings is 21. The maximum absolute atomic E-state index is 5.13. The molecule has 0 saturated heterocycles. The molecule has 9 heterocycles. The minimum atomic E-state index is 0.662. The van der Waals surface area contributed by atoms with Crippen molar-refractivity contribution >= 4 is 184 Å². The molecule has 0 amide bonds. The molecule has 0 fully saturated rings. The molecule has 15 nitrogen and oxygen atoms in total. The molecule has 15 heteroatoms. The Balaban J connectivity index is 0.000000100. The van der Waals surface area contributed by atoms with Gasteiger partial charge in [-0.25, -0.2) is 54.8 Å². The van der Waals surface area contributed by atoms with Crippen LogP contribution in [0.25, 0.3) is 285 Å². The molecule has 684 valence electrons. The number of pyridine rings is 6. The fourth-order valence-electron chi connectivity index (χ4n) is 21.5. The first kappa shape index (κ1) is 86.1. The molecule has 0 saturated carbocycles. The van der Waals surface area contributed by atoms with Crippen LogP contribution in [0.4, 0.5) is 0 Å². The second-order valence-electron chi connectivity index (χ2n) is 37.0. The monoisotopic (exact) mass is 1880 g/mol. The normalized spacial score (nSPS) is 11.6. The zero-order valence-electron chi connectivity index (χ0n) is 79.2. The van der Waals surface area contributed by atoms with Crippen molar-refractivity contribution < 1.29 is 0 Å². The highest BCUT2D eigenvalue weighted by Gasteiger charge is 2.21. The number of fused-ring (bicyclic) bond motifs is 30. The number of nitrogens with zero attached hydrogens (tertiary/aromatic N) is 15. The van der Waals surface area contributed by atoms with Gasteiger partial charge in [-0.05, 0) is 307 Å². The number of rotatable bonds is 9. The third kappa shape index (κ3) is 15.8. The molecule has 0 radical (unpaired) electrons. The zero-order valence-corrected chi connectivity index (χ0v) is 79.2. The van der Waals surface area contributed by atoms with Crippen LogP contribution in [0.2, 0.25) is 0 Å². The van der Waals surface area contributed by atoms with Crippen LogP contribution in [0.15, 0.2) is 475 Å². The highest BCUT2D eigenvalue weighted by molar-refractivity contribution is 6.31. The van der Waals surface area contributed by atoms with Gasteiger partial charge in [0.15, 0.2) is 17.5 Å². The summed E-state index contributed by atoms with van der Waals surface area (Å²) >= 11 is 0. The third-order valence-corrected chi connectivity index (χ3v) is 28.6. The van der Waals surface area contributed by atoms with Gasteiger partial charge in [0, 0.05) is 74.1 Å². The summed E-state index contributed by atoms with van der Waals surface area (Å²) in [6.45, 7) is 2.08. The van der Waals surface area contributed by atoms with Crippen LogP contribution in [-0.4, -0.2) is 74.8 Å². The van der Waals surface area contributed by atoms with E-state index < -0.39 is 0 Å². The fraction of sp³-hybridized carbons (Fsp3) is 0.00758. The smallest absolute Gasteiger partial charge is 0.162 e. The topological polar surface area (TPSA) is 193 Å². The van der Waals surface area contributed by atoms with Gasteiger partial charge in [0.2, 0.25) is 0 Å². The van der Waals surface area contributed by atoms with Crippen LogP contribution < -0.4 is 0 Å². The van der Waals surface area contributed by atoms with Crippen LogP contribution in [-0.2, 0) is 0 Å². The standard InChI is InChI=1S/C46H28N2.C41H26N4.C24H14N6.C21H13N3/c1-2-6-30-23-31(10-9-29(30)5-1)34-11-16-39-42(26-34)40-17-12-35(32-14-19-45-37(24-32)7-3-21-47-45)28-44(40)41-18-13-36(27-43(39)41)33-15-20-46-38(25-33)8-4-22-48-46;1-25-11-19-36(44-39(25)38-10-4-5-21-42-38)28-14-17-32-33-18-15-29(24-35(33)31-9-3-2-8-30(31)34(32)23-28)37-20-16-27-13-12-26-7-6-22-43-40(26)41(27)45-37;1-2-4-18-17(3-1)19-7-5-15(23-27-11-25-12-28-23)10-22(19)20-8-6-16(9-21(18)20)24-29-13-26-14-30-24;1-2-7-17-15(5-1)16-6-3-4-8-18(16)20-11-14(9-10-19(17)20)21-23-12-22-13-24-21/h1-28H;2-24H,1H3;1-14H;1-13H. The molecule has 0 aliphatic heterocycles.